The number of oxime groups is 1. The molecule has 1 aromatic carbocycles. The molecule has 0 saturated heterocycles. The Labute approximate surface area is 239 Å². The minimum atomic E-state index is -0.781. The van der Waals surface area contributed by atoms with Gasteiger partial charge in [-0.2, -0.15) is 0 Å². The summed E-state index contributed by atoms with van der Waals surface area (Å²) < 4.78 is 10.7. The molecule has 41 heavy (non-hydrogen) atoms. The van der Waals surface area contributed by atoms with E-state index in [0.29, 0.717) is 18.0 Å². The van der Waals surface area contributed by atoms with Crippen LogP contribution in [0.15, 0.2) is 57.2 Å². The van der Waals surface area contributed by atoms with Gasteiger partial charge in [-0.05, 0) is 79.7 Å². The van der Waals surface area contributed by atoms with E-state index in [1.54, 1.807) is 10.9 Å². The van der Waals surface area contributed by atoms with Crippen molar-refractivity contribution in [3.63, 3.8) is 0 Å². The smallest absolute Gasteiger partial charge is 0.352 e. The van der Waals surface area contributed by atoms with Gasteiger partial charge in [-0.15, -0.1) is 5.16 Å². The average Bonchev–Trinajstić information content (AvgIpc) is 3.44. The van der Waals surface area contributed by atoms with Crippen LogP contribution in [0.4, 0.5) is 0 Å². The van der Waals surface area contributed by atoms with Crippen molar-refractivity contribution in [3.8, 4) is 5.69 Å². The number of ether oxygens (including phenoxy) is 1. The van der Waals surface area contributed by atoms with Crippen LogP contribution < -0.4 is 11.4 Å². The molecule has 9 nitrogen and oxygen atoms in total. The summed E-state index contributed by atoms with van der Waals surface area (Å²) in [5.74, 6) is 0.375. The number of rotatable bonds is 4. The molecule has 1 aromatic heterocycles. The predicted octanol–water partition coefficient (Wildman–Crippen LogP) is 4.44. The molecular weight excluding hydrogens is 520 g/mol. The average molecular weight is 561 g/mol. The Bertz CT molecular complexity index is 1590. The van der Waals surface area contributed by atoms with E-state index in [1.807, 2.05) is 35.0 Å². The lowest BCUT2D eigenvalue weighted by molar-refractivity contribution is -0.204. The van der Waals surface area contributed by atoms with Crippen molar-refractivity contribution < 1.29 is 14.7 Å². The first-order valence-electron chi connectivity index (χ1n) is 15.1. The fourth-order valence-electron chi connectivity index (χ4n) is 10.8. The van der Waals surface area contributed by atoms with Gasteiger partial charge < -0.3 is 9.94 Å². The molecule has 4 aliphatic carbocycles. The monoisotopic (exact) mass is 560 g/mol. The van der Waals surface area contributed by atoms with Gasteiger partial charge in [0.05, 0.1) is 16.8 Å². The number of nitrogens with zero attached hydrogens (tertiary/aromatic N) is 4. The highest BCUT2D eigenvalue weighted by molar-refractivity contribution is 5.66. The minimum absolute atomic E-state index is 0.0980. The molecule has 1 N–H and O–H groups in total. The Morgan fingerprint density at radius 2 is 1.76 bits per heavy atom. The second-order valence-corrected chi connectivity index (χ2v) is 13.9. The number of esters is 1. The number of fused-ring (bicyclic) bond motifs is 1. The Hall–Kier alpha value is -3.36. The second-order valence-electron chi connectivity index (χ2n) is 13.9. The van der Waals surface area contributed by atoms with Gasteiger partial charge >= 0.3 is 17.3 Å². The zero-order chi connectivity index (χ0) is 28.9. The van der Waals surface area contributed by atoms with E-state index in [0.717, 1.165) is 38.5 Å². The van der Waals surface area contributed by atoms with Crippen LogP contribution in [0.1, 0.15) is 72.6 Å². The molecule has 3 saturated carbocycles. The zero-order valence-corrected chi connectivity index (χ0v) is 24.3. The first-order chi connectivity index (χ1) is 19.5. The SMILES string of the molecule is CC(=O)O[C@H]1CC[C@]2(C)[C@H]3CC[C@]4(C)[C@@H]([C@H](C)/C=N/O)CC[C@H]4[C@@]34C=C[C@]2(C1)n1c(=O)n(-c2ccccc2)c(=O)n14. The van der Waals surface area contributed by atoms with Gasteiger partial charge in [-0.3, -0.25) is 4.79 Å². The van der Waals surface area contributed by atoms with Crippen molar-refractivity contribution in [2.24, 2.45) is 39.7 Å². The van der Waals surface area contributed by atoms with Gasteiger partial charge in [-0.25, -0.2) is 23.5 Å². The largest absolute Gasteiger partial charge is 0.462 e. The number of para-hydroxylation sites is 1. The second kappa shape index (κ2) is 8.58. The Balaban J connectivity index is 1.51. The number of carbonyl (C=O) groups is 1. The third-order valence-corrected chi connectivity index (χ3v) is 12.4. The number of hydrogen-bond acceptors (Lipinski definition) is 6. The fraction of sp³-hybridized carbons (Fsp3) is 0.625. The number of hydrogen-bond donors (Lipinski definition) is 1. The Morgan fingerprint density at radius 3 is 2.46 bits per heavy atom. The Morgan fingerprint density at radius 1 is 1.02 bits per heavy atom. The highest BCUT2D eigenvalue weighted by atomic mass is 16.5. The first-order valence-corrected chi connectivity index (χ1v) is 15.1. The lowest BCUT2D eigenvalue weighted by Gasteiger charge is -2.71. The number of carbonyl (C=O) groups excluding carboxylic acids is 1. The van der Waals surface area contributed by atoms with Crippen LogP contribution >= 0.6 is 0 Å². The van der Waals surface area contributed by atoms with Crippen molar-refractivity contribution in [3.05, 3.63) is 63.5 Å². The molecule has 8 rings (SSSR count). The van der Waals surface area contributed by atoms with E-state index in [4.69, 9.17) is 4.74 Å². The van der Waals surface area contributed by atoms with Crippen LogP contribution in [0.25, 0.3) is 5.69 Å². The van der Waals surface area contributed by atoms with E-state index in [-0.39, 0.29) is 52.0 Å². The molecular formula is C32H40N4O5. The summed E-state index contributed by atoms with van der Waals surface area (Å²) >= 11 is 0. The molecule has 3 heterocycles. The molecule has 9 heteroatoms. The summed E-state index contributed by atoms with van der Waals surface area (Å²) in [5.41, 5.74) is -1.90. The summed E-state index contributed by atoms with van der Waals surface area (Å²) in [6.07, 6.45) is 11.7. The number of benzene rings is 1. The standard InChI is InChI=1S/C32H40N4O5/c1-20(19-33-40)24-10-11-25-29(24,3)14-13-26-30(4)15-12-23(41-21(2)37)18-31(30)16-17-32(25,26)36-28(39)34(27(38)35(31)36)22-8-6-5-7-9-22/h5-9,16-17,19-20,23-26,40H,10-15,18H2,1-4H3/b33-19+/t20-,23+,24-,25-,26-,29-,30-,31-,32+/m1/s1. The molecule has 218 valence electrons. The zero-order valence-electron chi connectivity index (χ0n) is 24.3. The van der Waals surface area contributed by atoms with Crippen LogP contribution in [-0.4, -0.2) is 37.4 Å². The van der Waals surface area contributed by atoms with Crippen molar-refractivity contribution in [1.29, 1.82) is 0 Å². The molecule has 0 unspecified atom stereocenters. The van der Waals surface area contributed by atoms with Crippen LogP contribution in [-0.2, 0) is 20.6 Å². The summed E-state index contributed by atoms with van der Waals surface area (Å²) in [6.45, 7) is 8.23. The molecule has 2 bridgehead atoms. The lowest BCUT2D eigenvalue weighted by Crippen LogP contribution is -2.76. The van der Waals surface area contributed by atoms with Gasteiger partial charge in [0.1, 0.15) is 6.10 Å². The van der Waals surface area contributed by atoms with Crippen molar-refractivity contribution in [1.82, 2.24) is 13.9 Å². The molecule has 0 radical (unpaired) electrons. The van der Waals surface area contributed by atoms with E-state index in [1.165, 1.54) is 11.5 Å². The van der Waals surface area contributed by atoms with Gasteiger partial charge in [0.25, 0.3) is 0 Å². The van der Waals surface area contributed by atoms with Gasteiger partial charge in [0.15, 0.2) is 0 Å². The normalized spacial score (nSPS) is 41.0. The first kappa shape index (κ1) is 26.5. The Kier molecular flexibility index (Phi) is 5.55. The number of allylic oxidation sites excluding steroid dienone is 2. The van der Waals surface area contributed by atoms with Crippen LogP contribution in [0, 0.1) is 34.5 Å². The van der Waals surface area contributed by atoms with Gasteiger partial charge in [0.2, 0.25) is 0 Å². The van der Waals surface area contributed by atoms with Crippen molar-refractivity contribution in [2.75, 3.05) is 0 Å². The van der Waals surface area contributed by atoms with Crippen LogP contribution in [0.3, 0.4) is 0 Å². The number of aromatic nitrogens is 3. The highest BCUT2D eigenvalue weighted by Crippen LogP contribution is 2.73. The van der Waals surface area contributed by atoms with E-state index < -0.39 is 11.1 Å². The molecule has 9 atom stereocenters. The van der Waals surface area contributed by atoms with Crippen LogP contribution in [0.5, 0.6) is 0 Å². The third-order valence-electron chi connectivity index (χ3n) is 12.4. The molecule has 6 aliphatic rings. The summed E-state index contributed by atoms with van der Waals surface area (Å²) in [4.78, 5) is 41.3. The third kappa shape index (κ3) is 3.07. The van der Waals surface area contributed by atoms with Crippen molar-refractivity contribution in [2.45, 2.75) is 89.8 Å². The fourth-order valence-corrected chi connectivity index (χ4v) is 10.8. The molecule has 2 spiro atoms. The van der Waals surface area contributed by atoms with Crippen molar-refractivity contribution >= 4 is 12.2 Å². The molecule has 2 aromatic rings. The predicted molar refractivity (Wildman–Crippen MR) is 153 cm³/mol. The summed E-state index contributed by atoms with van der Waals surface area (Å²) in [7, 11) is 0. The van der Waals surface area contributed by atoms with E-state index in [9.17, 15) is 19.6 Å². The minimum Gasteiger partial charge on any atom is -0.462 e. The van der Waals surface area contributed by atoms with E-state index >= 15 is 0 Å². The van der Waals surface area contributed by atoms with Gasteiger partial charge in [0, 0.05) is 25.0 Å². The highest BCUT2D eigenvalue weighted by Gasteiger charge is 2.75. The lowest BCUT2D eigenvalue weighted by atomic mass is 9.40. The maximum Gasteiger partial charge on any atom is 0.352 e. The summed E-state index contributed by atoms with van der Waals surface area (Å²) in [5, 5.41) is 12.7. The van der Waals surface area contributed by atoms with E-state index in [2.05, 4.69) is 38.1 Å². The maximum absolute atomic E-state index is 14.7. The van der Waals surface area contributed by atoms with Gasteiger partial charge in [-0.1, -0.05) is 51.1 Å². The van der Waals surface area contributed by atoms with Crippen LogP contribution in [0.2, 0.25) is 0 Å². The molecule has 0 amide bonds. The molecule has 2 aliphatic heterocycles. The maximum atomic E-state index is 14.7. The quantitative estimate of drug-likeness (QED) is 0.196. The molecule has 3 fully saturated rings. The summed E-state index contributed by atoms with van der Waals surface area (Å²) in [6, 6.07) is 9.20. The topological polar surface area (TPSA) is 108 Å².